The molecule has 0 saturated carbocycles. The first-order valence-corrected chi connectivity index (χ1v) is 7.88. The molecular weight excluding hydrogens is 320 g/mol. The summed E-state index contributed by atoms with van der Waals surface area (Å²) in [6.45, 7) is 3.63. The third kappa shape index (κ3) is 1.97. The van der Waals surface area contributed by atoms with E-state index in [4.69, 9.17) is 0 Å². The molecule has 0 spiro atoms. The third-order valence-electron chi connectivity index (χ3n) is 4.81. The summed E-state index contributed by atoms with van der Waals surface area (Å²) in [6.07, 6.45) is 0. The first-order chi connectivity index (χ1) is 11.8. The lowest BCUT2D eigenvalue weighted by molar-refractivity contribution is 0.422. The number of fused-ring (bicyclic) bond motifs is 2. The minimum Gasteiger partial charge on any atom is -0.507 e. The number of benzene rings is 2. The molecule has 0 aliphatic carbocycles. The molecule has 4 aromatic rings. The van der Waals surface area contributed by atoms with E-state index in [0.717, 1.165) is 0 Å². The molecule has 4 rings (SSSR count). The summed E-state index contributed by atoms with van der Waals surface area (Å²) in [6, 6.07) is 9.95. The van der Waals surface area contributed by atoms with Crippen molar-refractivity contribution >= 4 is 21.8 Å². The van der Waals surface area contributed by atoms with E-state index < -0.39 is 5.41 Å². The standard InChI is InChI=1S/C19H18N2O4/c1-19(2,15-13-9(20-17(15)24)5-3-7-11(13)22)16-14-10(21-18(16)25)6-4-8-12(14)23/h3-8,20-25H,1-2H3. The van der Waals surface area contributed by atoms with E-state index in [2.05, 4.69) is 9.97 Å². The highest BCUT2D eigenvalue weighted by Gasteiger charge is 2.36. The van der Waals surface area contributed by atoms with Crippen LogP contribution in [0.5, 0.6) is 23.3 Å². The topological polar surface area (TPSA) is 113 Å². The second-order valence-corrected chi connectivity index (χ2v) is 6.72. The van der Waals surface area contributed by atoms with Crippen molar-refractivity contribution in [1.82, 2.24) is 9.97 Å². The highest BCUT2D eigenvalue weighted by Crippen LogP contribution is 2.50. The minimum absolute atomic E-state index is 0.0284. The van der Waals surface area contributed by atoms with Crippen molar-refractivity contribution < 1.29 is 20.4 Å². The van der Waals surface area contributed by atoms with Crippen LogP contribution in [-0.2, 0) is 5.41 Å². The SMILES string of the molecule is CC(C)(c1c(O)[nH]c2cccc(O)c12)c1c(O)[nH]c2cccc(O)c12. The van der Waals surface area contributed by atoms with Crippen LogP contribution in [0.4, 0.5) is 0 Å². The fourth-order valence-corrected chi connectivity index (χ4v) is 3.77. The molecule has 0 saturated heterocycles. The second-order valence-electron chi connectivity index (χ2n) is 6.72. The van der Waals surface area contributed by atoms with Crippen molar-refractivity contribution in [2.45, 2.75) is 19.3 Å². The molecule has 0 fully saturated rings. The zero-order chi connectivity index (χ0) is 17.9. The molecule has 6 nitrogen and oxygen atoms in total. The maximum absolute atomic E-state index is 10.5. The molecule has 2 aromatic heterocycles. The van der Waals surface area contributed by atoms with Gasteiger partial charge in [0.05, 0.1) is 11.0 Å². The van der Waals surface area contributed by atoms with Gasteiger partial charge in [0, 0.05) is 27.3 Å². The molecule has 0 aliphatic rings. The lowest BCUT2D eigenvalue weighted by Crippen LogP contribution is -2.18. The third-order valence-corrected chi connectivity index (χ3v) is 4.81. The maximum Gasteiger partial charge on any atom is 0.193 e. The Morgan fingerprint density at radius 1 is 0.680 bits per heavy atom. The number of hydrogen-bond acceptors (Lipinski definition) is 4. The van der Waals surface area contributed by atoms with Crippen molar-refractivity contribution in [2.75, 3.05) is 0 Å². The quantitative estimate of drug-likeness (QED) is 0.334. The van der Waals surface area contributed by atoms with Crippen molar-refractivity contribution in [3.8, 4) is 23.3 Å². The lowest BCUT2D eigenvalue weighted by Gasteiger charge is -2.25. The summed E-state index contributed by atoms with van der Waals surface area (Å²) in [5, 5.41) is 42.6. The number of phenols is 2. The van der Waals surface area contributed by atoms with Gasteiger partial charge in [-0.1, -0.05) is 26.0 Å². The number of aromatic nitrogens is 2. The molecule has 25 heavy (non-hydrogen) atoms. The van der Waals surface area contributed by atoms with Crippen LogP contribution in [0.1, 0.15) is 25.0 Å². The number of aromatic hydroxyl groups is 4. The Morgan fingerprint density at radius 3 is 1.48 bits per heavy atom. The summed E-state index contributed by atoms with van der Waals surface area (Å²) in [5.74, 6) is -0.127. The van der Waals surface area contributed by atoms with Crippen LogP contribution in [0.2, 0.25) is 0 Å². The van der Waals surface area contributed by atoms with Crippen molar-refractivity contribution in [2.24, 2.45) is 0 Å². The molecule has 0 unspecified atom stereocenters. The molecule has 2 heterocycles. The Balaban J connectivity index is 2.11. The van der Waals surface area contributed by atoms with E-state index in [0.29, 0.717) is 32.9 Å². The smallest absolute Gasteiger partial charge is 0.193 e. The molecule has 128 valence electrons. The summed E-state index contributed by atoms with van der Waals surface area (Å²) in [7, 11) is 0. The molecule has 0 aliphatic heterocycles. The number of aromatic amines is 2. The van der Waals surface area contributed by atoms with Crippen LogP contribution >= 0.6 is 0 Å². The molecular formula is C19H18N2O4. The molecule has 0 bridgehead atoms. The van der Waals surface area contributed by atoms with Gasteiger partial charge in [-0.25, -0.2) is 0 Å². The number of nitrogens with one attached hydrogen (secondary N) is 2. The first-order valence-electron chi connectivity index (χ1n) is 7.88. The lowest BCUT2D eigenvalue weighted by atomic mass is 9.77. The van der Waals surface area contributed by atoms with Crippen LogP contribution in [-0.4, -0.2) is 30.4 Å². The Hall–Kier alpha value is -3.28. The van der Waals surface area contributed by atoms with Gasteiger partial charge in [-0.05, 0) is 24.3 Å². The summed E-state index contributed by atoms with van der Waals surface area (Å²) in [5.41, 5.74) is 1.15. The number of phenolic OH excluding ortho intramolecular Hbond substituents is 2. The van der Waals surface area contributed by atoms with Crippen molar-refractivity contribution in [3.63, 3.8) is 0 Å². The van der Waals surface area contributed by atoms with Gasteiger partial charge in [-0.15, -0.1) is 0 Å². The normalized spacial score (nSPS) is 12.2. The van der Waals surface area contributed by atoms with Crippen LogP contribution in [0.15, 0.2) is 36.4 Å². The van der Waals surface area contributed by atoms with Gasteiger partial charge in [0.2, 0.25) is 0 Å². The molecule has 2 aromatic carbocycles. The van der Waals surface area contributed by atoms with Crippen LogP contribution in [0.3, 0.4) is 0 Å². The number of H-pyrrole nitrogens is 2. The Morgan fingerprint density at radius 2 is 1.08 bits per heavy atom. The van der Waals surface area contributed by atoms with E-state index >= 15 is 0 Å². The fraction of sp³-hybridized carbons (Fsp3) is 0.158. The van der Waals surface area contributed by atoms with Gasteiger partial charge in [0.15, 0.2) is 11.8 Å². The van der Waals surface area contributed by atoms with Crippen LogP contribution in [0.25, 0.3) is 21.8 Å². The highest BCUT2D eigenvalue weighted by atomic mass is 16.3. The molecule has 6 N–H and O–H groups in total. The average molecular weight is 338 g/mol. The average Bonchev–Trinajstić information content (AvgIpc) is 3.05. The molecule has 6 heteroatoms. The Labute approximate surface area is 143 Å². The Kier molecular flexibility index (Phi) is 2.97. The van der Waals surface area contributed by atoms with E-state index in [1.54, 1.807) is 36.4 Å². The van der Waals surface area contributed by atoms with Crippen molar-refractivity contribution in [3.05, 3.63) is 47.5 Å². The number of rotatable bonds is 2. The van der Waals surface area contributed by atoms with E-state index in [1.807, 2.05) is 13.8 Å². The minimum atomic E-state index is -0.914. The van der Waals surface area contributed by atoms with E-state index in [-0.39, 0.29) is 23.3 Å². The predicted molar refractivity (Wildman–Crippen MR) is 95.4 cm³/mol. The molecule has 0 atom stereocenters. The number of hydrogen-bond donors (Lipinski definition) is 6. The highest BCUT2D eigenvalue weighted by molar-refractivity contribution is 5.97. The summed E-state index contributed by atoms with van der Waals surface area (Å²) in [4.78, 5) is 5.72. The van der Waals surface area contributed by atoms with Gasteiger partial charge < -0.3 is 30.4 Å². The van der Waals surface area contributed by atoms with Gasteiger partial charge >= 0.3 is 0 Å². The largest absolute Gasteiger partial charge is 0.507 e. The van der Waals surface area contributed by atoms with Crippen LogP contribution < -0.4 is 0 Å². The zero-order valence-corrected chi connectivity index (χ0v) is 13.8. The maximum atomic E-state index is 10.5. The first kappa shape index (κ1) is 15.3. The summed E-state index contributed by atoms with van der Waals surface area (Å²) < 4.78 is 0. The fourth-order valence-electron chi connectivity index (χ4n) is 3.77. The monoisotopic (exact) mass is 338 g/mol. The van der Waals surface area contributed by atoms with Gasteiger partial charge in [-0.3, -0.25) is 0 Å². The summed E-state index contributed by atoms with van der Waals surface area (Å²) >= 11 is 0. The molecule has 0 amide bonds. The Bertz CT molecular complexity index is 1030. The van der Waals surface area contributed by atoms with E-state index in [9.17, 15) is 20.4 Å². The van der Waals surface area contributed by atoms with Crippen molar-refractivity contribution in [1.29, 1.82) is 0 Å². The molecule has 0 radical (unpaired) electrons. The second kappa shape index (κ2) is 4.86. The zero-order valence-electron chi connectivity index (χ0n) is 13.8. The van der Waals surface area contributed by atoms with Gasteiger partial charge in [0.1, 0.15) is 11.5 Å². The predicted octanol–water partition coefficient (Wildman–Crippen LogP) is 3.80. The van der Waals surface area contributed by atoms with Gasteiger partial charge in [0.25, 0.3) is 0 Å². The van der Waals surface area contributed by atoms with Gasteiger partial charge in [-0.2, -0.15) is 0 Å². The van der Waals surface area contributed by atoms with Crippen LogP contribution in [0, 0.1) is 0 Å². The van der Waals surface area contributed by atoms with E-state index in [1.165, 1.54) is 0 Å².